The molecule has 1 aromatic carbocycles. The lowest BCUT2D eigenvalue weighted by Crippen LogP contribution is -2.31. The number of nitrogen functional groups attached to an aromatic ring is 1. The van der Waals surface area contributed by atoms with E-state index in [1.165, 1.54) is 0 Å². The van der Waals surface area contributed by atoms with Crippen molar-refractivity contribution in [3.05, 3.63) is 47.4 Å². The second-order valence-corrected chi connectivity index (χ2v) is 10.8. The minimum atomic E-state index is -3.28. The van der Waals surface area contributed by atoms with Crippen LogP contribution in [-0.2, 0) is 16.6 Å². The molecular formula is C23H31N7O3S. The summed E-state index contributed by atoms with van der Waals surface area (Å²) in [5.41, 5.74) is 10.3. The SMILES string of the molecule is Cc1cc(-c2cnc(N)c(Oc3cnn(C4CCN(C)CC4)c3)n2)cc(C)c1CNS(C)(=O)=O. The molecule has 34 heavy (non-hydrogen) atoms. The lowest BCUT2D eigenvalue weighted by atomic mass is 9.98. The predicted octanol–water partition coefficient (Wildman–Crippen LogP) is 2.65. The zero-order valence-electron chi connectivity index (χ0n) is 19.9. The number of nitrogens with one attached hydrogen (secondary N) is 1. The quantitative estimate of drug-likeness (QED) is 0.523. The first kappa shape index (κ1) is 24.1. The molecule has 10 nitrogen and oxygen atoms in total. The molecule has 0 aliphatic carbocycles. The lowest BCUT2D eigenvalue weighted by molar-refractivity contribution is 0.212. The van der Waals surface area contributed by atoms with E-state index < -0.39 is 10.0 Å². The van der Waals surface area contributed by atoms with Crippen molar-refractivity contribution in [1.29, 1.82) is 0 Å². The van der Waals surface area contributed by atoms with E-state index in [-0.39, 0.29) is 18.2 Å². The molecule has 1 fully saturated rings. The molecule has 2 aromatic heterocycles. The number of rotatable bonds is 7. The third-order valence-corrected chi connectivity index (χ3v) is 6.79. The first-order chi connectivity index (χ1) is 16.1. The van der Waals surface area contributed by atoms with E-state index in [0.717, 1.165) is 54.4 Å². The first-order valence-corrected chi connectivity index (χ1v) is 13.1. The molecule has 3 aromatic rings. The Morgan fingerprint density at radius 1 is 1.18 bits per heavy atom. The van der Waals surface area contributed by atoms with Gasteiger partial charge in [0.15, 0.2) is 11.6 Å². The third kappa shape index (κ3) is 5.72. The van der Waals surface area contributed by atoms with Crippen molar-refractivity contribution in [2.75, 3.05) is 32.1 Å². The summed E-state index contributed by atoms with van der Waals surface area (Å²) in [7, 11) is -1.15. The summed E-state index contributed by atoms with van der Waals surface area (Å²) < 4.78 is 33.4. The van der Waals surface area contributed by atoms with Crippen LogP contribution < -0.4 is 15.2 Å². The van der Waals surface area contributed by atoms with Crippen LogP contribution in [0.5, 0.6) is 11.6 Å². The Morgan fingerprint density at radius 2 is 1.85 bits per heavy atom. The molecule has 0 amide bonds. The maximum Gasteiger partial charge on any atom is 0.263 e. The number of nitrogens with two attached hydrogens (primary N) is 1. The van der Waals surface area contributed by atoms with Crippen LogP contribution in [0.1, 0.15) is 35.6 Å². The number of likely N-dealkylation sites (tertiary alicyclic amines) is 1. The van der Waals surface area contributed by atoms with E-state index in [1.54, 1.807) is 12.4 Å². The van der Waals surface area contributed by atoms with Gasteiger partial charge >= 0.3 is 0 Å². The number of sulfonamides is 1. The molecule has 0 spiro atoms. The van der Waals surface area contributed by atoms with E-state index in [0.29, 0.717) is 17.5 Å². The Labute approximate surface area is 200 Å². The highest BCUT2D eigenvalue weighted by Gasteiger charge is 2.20. The molecule has 1 saturated heterocycles. The Hall–Kier alpha value is -3.02. The van der Waals surface area contributed by atoms with Crippen molar-refractivity contribution in [2.45, 2.75) is 39.3 Å². The Bertz CT molecular complexity index is 1260. The van der Waals surface area contributed by atoms with Gasteiger partial charge in [0.2, 0.25) is 10.0 Å². The van der Waals surface area contributed by atoms with Gasteiger partial charge in [0.25, 0.3) is 5.88 Å². The fourth-order valence-corrected chi connectivity index (χ4v) is 4.57. The molecular weight excluding hydrogens is 454 g/mol. The van der Waals surface area contributed by atoms with Gasteiger partial charge in [-0.25, -0.2) is 23.1 Å². The molecule has 11 heteroatoms. The summed E-state index contributed by atoms with van der Waals surface area (Å²) in [6, 6.07) is 4.26. The summed E-state index contributed by atoms with van der Waals surface area (Å²) in [4.78, 5) is 11.2. The van der Waals surface area contributed by atoms with Crippen molar-refractivity contribution < 1.29 is 13.2 Å². The van der Waals surface area contributed by atoms with Crippen molar-refractivity contribution in [3.8, 4) is 22.9 Å². The summed E-state index contributed by atoms with van der Waals surface area (Å²) in [5, 5.41) is 4.47. The van der Waals surface area contributed by atoms with E-state index in [2.05, 4.69) is 31.7 Å². The molecule has 4 rings (SSSR count). The van der Waals surface area contributed by atoms with Gasteiger partial charge in [-0.2, -0.15) is 5.10 Å². The van der Waals surface area contributed by atoms with Gasteiger partial charge in [0.1, 0.15) is 0 Å². The minimum Gasteiger partial charge on any atom is -0.433 e. The molecule has 0 radical (unpaired) electrons. The predicted molar refractivity (Wildman–Crippen MR) is 131 cm³/mol. The van der Waals surface area contributed by atoms with Crippen molar-refractivity contribution in [2.24, 2.45) is 0 Å². The summed E-state index contributed by atoms with van der Waals surface area (Å²) in [6.45, 7) is 6.21. The fraction of sp³-hybridized carbons (Fsp3) is 0.435. The van der Waals surface area contributed by atoms with Crippen LogP contribution in [0.4, 0.5) is 5.82 Å². The molecule has 1 aliphatic rings. The highest BCUT2D eigenvalue weighted by atomic mass is 32.2. The van der Waals surface area contributed by atoms with Gasteiger partial charge in [-0.3, -0.25) is 4.68 Å². The summed E-state index contributed by atoms with van der Waals surface area (Å²) >= 11 is 0. The molecule has 182 valence electrons. The number of anilines is 1. The third-order valence-electron chi connectivity index (χ3n) is 6.12. The number of aryl methyl sites for hydroxylation is 2. The number of hydrogen-bond donors (Lipinski definition) is 2. The van der Waals surface area contributed by atoms with Gasteiger partial charge in [0, 0.05) is 12.1 Å². The smallest absolute Gasteiger partial charge is 0.263 e. The van der Waals surface area contributed by atoms with E-state index in [1.807, 2.05) is 36.9 Å². The molecule has 0 atom stereocenters. The second kappa shape index (κ2) is 9.69. The number of ether oxygens (including phenoxy) is 1. The Balaban J connectivity index is 1.54. The normalized spacial score (nSPS) is 15.5. The molecule has 0 bridgehead atoms. The molecule has 1 aliphatic heterocycles. The van der Waals surface area contributed by atoms with E-state index in [4.69, 9.17) is 10.5 Å². The topological polar surface area (TPSA) is 128 Å². The monoisotopic (exact) mass is 485 g/mol. The largest absolute Gasteiger partial charge is 0.433 e. The number of hydrogen-bond acceptors (Lipinski definition) is 8. The first-order valence-electron chi connectivity index (χ1n) is 11.2. The van der Waals surface area contributed by atoms with E-state index in [9.17, 15) is 8.42 Å². The van der Waals surface area contributed by atoms with Crippen molar-refractivity contribution in [1.82, 2.24) is 29.4 Å². The molecule has 0 unspecified atom stereocenters. The second-order valence-electron chi connectivity index (χ2n) is 8.92. The zero-order chi connectivity index (χ0) is 24.5. The number of aromatic nitrogens is 4. The maximum absolute atomic E-state index is 11.5. The van der Waals surface area contributed by atoms with Gasteiger partial charge in [-0.1, -0.05) is 0 Å². The molecule has 0 saturated carbocycles. The minimum absolute atomic E-state index is 0.193. The average molecular weight is 486 g/mol. The summed E-state index contributed by atoms with van der Waals surface area (Å²) in [5.74, 6) is 0.975. The highest BCUT2D eigenvalue weighted by Crippen LogP contribution is 2.30. The van der Waals surface area contributed by atoms with Gasteiger partial charge < -0.3 is 15.4 Å². The Morgan fingerprint density at radius 3 is 2.50 bits per heavy atom. The van der Waals surface area contributed by atoms with E-state index >= 15 is 0 Å². The molecule has 3 N–H and O–H groups in total. The van der Waals surface area contributed by atoms with Crippen LogP contribution in [0.25, 0.3) is 11.3 Å². The van der Waals surface area contributed by atoms with Gasteiger partial charge in [0.05, 0.1) is 36.6 Å². The highest BCUT2D eigenvalue weighted by molar-refractivity contribution is 7.88. The summed E-state index contributed by atoms with van der Waals surface area (Å²) in [6.07, 6.45) is 8.39. The molecule has 3 heterocycles. The number of nitrogens with zero attached hydrogens (tertiary/aromatic N) is 5. The maximum atomic E-state index is 11.5. The van der Waals surface area contributed by atoms with Crippen LogP contribution in [-0.4, -0.2) is 59.5 Å². The van der Waals surface area contributed by atoms with Crippen molar-refractivity contribution in [3.63, 3.8) is 0 Å². The van der Waals surface area contributed by atoms with Crippen LogP contribution in [0.2, 0.25) is 0 Å². The van der Waals surface area contributed by atoms with Crippen molar-refractivity contribution >= 4 is 15.8 Å². The lowest BCUT2D eigenvalue weighted by Gasteiger charge is -2.28. The van der Waals surface area contributed by atoms with Crippen LogP contribution in [0.15, 0.2) is 30.7 Å². The standard InChI is InChI=1S/C23H31N7O3S/c1-15-9-17(10-16(2)20(15)12-27-34(4,31)32)21-13-25-22(24)23(28-21)33-19-11-26-30(14-19)18-5-7-29(3)8-6-18/h9-11,13-14,18,27H,5-8,12H2,1-4H3,(H2,24,25). The zero-order valence-corrected chi connectivity index (χ0v) is 20.8. The fourth-order valence-electron chi connectivity index (χ4n) is 4.16. The van der Waals surface area contributed by atoms with Gasteiger partial charge in [-0.05, 0) is 75.6 Å². The van der Waals surface area contributed by atoms with Gasteiger partial charge in [-0.15, -0.1) is 0 Å². The van der Waals surface area contributed by atoms with Crippen LogP contribution in [0, 0.1) is 13.8 Å². The number of piperidine rings is 1. The van der Waals surface area contributed by atoms with Crippen LogP contribution in [0.3, 0.4) is 0 Å². The average Bonchev–Trinajstić information content (AvgIpc) is 3.23. The number of benzene rings is 1. The van der Waals surface area contributed by atoms with Crippen LogP contribution >= 0.6 is 0 Å². The Kier molecular flexibility index (Phi) is 6.87.